The van der Waals surface area contributed by atoms with Crippen LogP contribution in [0.1, 0.15) is 5.69 Å². The van der Waals surface area contributed by atoms with Gasteiger partial charge < -0.3 is 14.6 Å². The maximum absolute atomic E-state index is 10.6. The summed E-state index contributed by atoms with van der Waals surface area (Å²) < 4.78 is 10.1. The molecule has 1 aromatic heterocycles. The van der Waals surface area contributed by atoms with Crippen molar-refractivity contribution in [3.8, 4) is 11.3 Å². The molecule has 2 aromatic rings. The first-order valence-corrected chi connectivity index (χ1v) is 6.11. The third kappa shape index (κ3) is 3.62. The fourth-order valence-corrected chi connectivity index (χ4v) is 1.67. The lowest BCUT2D eigenvalue weighted by Crippen LogP contribution is -2.18. The van der Waals surface area contributed by atoms with Crippen molar-refractivity contribution in [2.45, 2.75) is 6.54 Å². The van der Waals surface area contributed by atoms with Crippen molar-refractivity contribution in [1.29, 1.82) is 0 Å². The van der Waals surface area contributed by atoms with E-state index in [1.165, 1.54) is 12.1 Å². The molecule has 0 aliphatic carbocycles. The molecule has 0 saturated heterocycles. The molecule has 7 nitrogen and oxygen atoms in total. The van der Waals surface area contributed by atoms with E-state index in [9.17, 15) is 10.1 Å². The minimum atomic E-state index is -0.435. The summed E-state index contributed by atoms with van der Waals surface area (Å²) in [6.45, 7) is 1.95. The summed E-state index contributed by atoms with van der Waals surface area (Å²) in [5.74, 6) is 0.587. The van der Waals surface area contributed by atoms with E-state index in [-0.39, 0.29) is 5.69 Å². The van der Waals surface area contributed by atoms with Gasteiger partial charge in [-0.15, -0.1) is 0 Å². The fourth-order valence-electron chi connectivity index (χ4n) is 1.67. The molecule has 0 amide bonds. The molecule has 2 rings (SSSR count). The maximum atomic E-state index is 10.6. The van der Waals surface area contributed by atoms with Crippen LogP contribution in [0, 0.1) is 10.1 Å². The molecule has 7 heteroatoms. The summed E-state index contributed by atoms with van der Waals surface area (Å²) in [5, 5.41) is 17.7. The van der Waals surface area contributed by atoms with E-state index < -0.39 is 4.92 Å². The Bertz CT molecular complexity index is 565. The number of non-ortho nitro benzene ring substituents is 1. The topological polar surface area (TPSA) is 90.4 Å². The number of benzene rings is 1. The fraction of sp³-hybridized carbons (Fsp3) is 0.308. The van der Waals surface area contributed by atoms with Gasteiger partial charge in [0.25, 0.3) is 5.69 Å². The number of ether oxygens (including phenoxy) is 1. The van der Waals surface area contributed by atoms with Crippen LogP contribution in [0.3, 0.4) is 0 Å². The normalized spacial score (nSPS) is 10.7. The molecule has 0 bridgehead atoms. The first-order valence-electron chi connectivity index (χ1n) is 6.11. The predicted molar refractivity (Wildman–Crippen MR) is 72.2 cm³/mol. The van der Waals surface area contributed by atoms with Gasteiger partial charge in [0.15, 0.2) is 5.76 Å². The van der Waals surface area contributed by atoms with E-state index in [2.05, 4.69) is 10.5 Å². The highest BCUT2D eigenvalue weighted by Gasteiger charge is 2.09. The van der Waals surface area contributed by atoms with Gasteiger partial charge in [-0.05, 0) is 12.1 Å². The molecule has 20 heavy (non-hydrogen) atoms. The van der Waals surface area contributed by atoms with Crippen LogP contribution in [0.15, 0.2) is 34.9 Å². The SMILES string of the molecule is COCCNCc1cc(-c2ccc([N+](=O)[O-])cc2)on1. The van der Waals surface area contributed by atoms with E-state index in [4.69, 9.17) is 9.26 Å². The smallest absolute Gasteiger partial charge is 0.269 e. The summed E-state index contributed by atoms with van der Waals surface area (Å²) in [6, 6.07) is 7.96. The number of hydrogen-bond acceptors (Lipinski definition) is 6. The number of rotatable bonds is 7. The molecule has 1 N–H and O–H groups in total. The zero-order valence-electron chi connectivity index (χ0n) is 11.0. The number of methoxy groups -OCH3 is 1. The summed E-state index contributed by atoms with van der Waals surface area (Å²) in [5.41, 5.74) is 1.58. The van der Waals surface area contributed by atoms with Crippen LogP contribution in [0.5, 0.6) is 0 Å². The maximum Gasteiger partial charge on any atom is 0.269 e. The molecule has 1 aromatic carbocycles. The predicted octanol–water partition coefficient (Wildman–Crippen LogP) is 1.99. The zero-order valence-corrected chi connectivity index (χ0v) is 11.0. The summed E-state index contributed by atoms with van der Waals surface area (Å²) in [6.07, 6.45) is 0. The van der Waals surface area contributed by atoms with Gasteiger partial charge in [-0.3, -0.25) is 10.1 Å². The van der Waals surface area contributed by atoms with Crippen LogP contribution in [0.25, 0.3) is 11.3 Å². The standard InChI is InChI=1S/C13H15N3O4/c1-19-7-6-14-9-11-8-13(20-15-11)10-2-4-12(5-3-10)16(17)18/h2-5,8,14H,6-7,9H2,1H3. The van der Waals surface area contributed by atoms with Crippen LogP contribution >= 0.6 is 0 Å². The van der Waals surface area contributed by atoms with Crippen molar-refractivity contribution >= 4 is 5.69 Å². The second-order valence-electron chi connectivity index (χ2n) is 4.16. The monoisotopic (exact) mass is 277 g/mol. The lowest BCUT2D eigenvalue weighted by atomic mass is 10.1. The van der Waals surface area contributed by atoms with Crippen LogP contribution in [0.4, 0.5) is 5.69 Å². The summed E-state index contributed by atoms with van der Waals surface area (Å²) in [7, 11) is 1.64. The molecule has 0 spiro atoms. The molecule has 0 saturated carbocycles. The molecule has 0 aliphatic heterocycles. The molecule has 0 atom stereocenters. The third-order valence-corrected chi connectivity index (χ3v) is 2.71. The third-order valence-electron chi connectivity index (χ3n) is 2.71. The highest BCUT2D eigenvalue weighted by molar-refractivity contribution is 5.59. The number of nitro benzene ring substituents is 1. The minimum Gasteiger partial charge on any atom is -0.383 e. The van der Waals surface area contributed by atoms with Crippen molar-refractivity contribution in [2.75, 3.05) is 20.3 Å². The van der Waals surface area contributed by atoms with Crippen LogP contribution in [-0.4, -0.2) is 30.3 Å². The highest BCUT2D eigenvalue weighted by Crippen LogP contribution is 2.23. The highest BCUT2D eigenvalue weighted by atomic mass is 16.6. The van der Waals surface area contributed by atoms with E-state index in [1.54, 1.807) is 25.3 Å². The Morgan fingerprint density at radius 2 is 2.15 bits per heavy atom. The van der Waals surface area contributed by atoms with Gasteiger partial charge in [-0.1, -0.05) is 5.16 Å². The Morgan fingerprint density at radius 1 is 1.40 bits per heavy atom. The van der Waals surface area contributed by atoms with Gasteiger partial charge in [-0.25, -0.2) is 0 Å². The van der Waals surface area contributed by atoms with Crippen LogP contribution in [0.2, 0.25) is 0 Å². The molecule has 106 valence electrons. The van der Waals surface area contributed by atoms with Gasteiger partial charge in [0.2, 0.25) is 0 Å². The largest absolute Gasteiger partial charge is 0.383 e. The van der Waals surface area contributed by atoms with Crippen molar-refractivity contribution in [1.82, 2.24) is 10.5 Å². The van der Waals surface area contributed by atoms with Crippen molar-refractivity contribution in [3.05, 3.63) is 46.1 Å². The number of aromatic nitrogens is 1. The average Bonchev–Trinajstić information content (AvgIpc) is 2.92. The van der Waals surface area contributed by atoms with Gasteiger partial charge in [0.05, 0.1) is 17.2 Å². The second kappa shape index (κ2) is 6.78. The summed E-state index contributed by atoms with van der Waals surface area (Å²) in [4.78, 5) is 10.1. The Labute approximate surface area is 115 Å². The number of nitrogens with one attached hydrogen (secondary N) is 1. The molecular weight excluding hydrogens is 262 g/mol. The van der Waals surface area contributed by atoms with Gasteiger partial charge >= 0.3 is 0 Å². The van der Waals surface area contributed by atoms with E-state index in [0.29, 0.717) is 18.9 Å². The first kappa shape index (κ1) is 14.2. The molecule has 0 fully saturated rings. The van der Waals surface area contributed by atoms with Gasteiger partial charge in [-0.2, -0.15) is 0 Å². The van der Waals surface area contributed by atoms with Crippen molar-refractivity contribution in [3.63, 3.8) is 0 Å². The molecule has 0 radical (unpaired) electrons. The van der Waals surface area contributed by atoms with E-state index in [1.807, 2.05) is 0 Å². The average molecular weight is 277 g/mol. The molecule has 1 heterocycles. The van der Waals surface area contributed by atoms with E-state index >= 15 is 0 Å². The summed E-state index contributed by atoms with van der Waals surface area (Å²) >= 11 is 0. The van der Waals surface area contributed by atoms with Gasteiger partial charge in [0.1, 0.15) is 0 Å². The Morgan fingerprint density at radius 3 is 2.80 bits per heavy atom. The van der Waals surface area contributed by atoms with Crippen molar-refractivity contribution < 1.29 is 14.2 Å². The molecular formula is C13H15N3O4. The Kier molecular flexibility index (Phi) is 4.80. The van der Waals surface area contributed by atoms with E-state index in [0.717, 1.165) is 17.8 Å². The van der Waals surface area contributed by atoms with Crippen molar-refractivity contribution in [2.24, 2.45) is 0 Å². The first-order chi connectivity index (χ1) is 9.70. The Balaban J connectivity index is 1.99. The lowest BCUT2D eigenvalue weighted by Gasteiger charge is -1.99. The minimum absolute atomic E-state index is 0.0507. The lowest BCUT2D eigenvalue weighted by molar-refractivity contribution is -0.384. The Hall–Kier alpha value is -2.25. The van der Waals surface area contributed by atoms with Crippen LogP contribution in [-0.2, 0) is 11.3 Å². The zero-order chi connectivity index (χ0) is 14.4. The number of nitrogens with zero attached hydrogens (tertiary/aromatic N) is 2. The second-order valence-corrected chi connectivity index (χ2v) is 4.16. The number of nitro groups is 1. The molecule has 0 unspecified atom stereocenters. The molecule has 0 aliphatic rings. The van der Waals surface area contributed by atoms with Gasteiger partial charge in [0, 0.05) is 44.0 Å². The number of hydrogen-bond donors (Lipinski definition) is 1. The quantitative estimate of drug-likeness (QED) is 0.473. The van der Waals surface area contributed by atoms with Crippen LogP contribution < -0.4 is 5.32 Å².